The van der Waals surface area contributed by atoms with Crippen LogP contribution in [0.15, 0.2) is 34.6 Å². The van der Waals surface area contributed by atoms with E-state index in [1.165, 1.54) is 5.56 Å². The van der Waals surface area contributed by atoms with Gasteiger partial charge in [0.25, 0.3) is 0 Å². The van der Waals surface area contributed by atoms with E-state index in [-0.39, 0.29) is 36.6 Å². The maximum Gasteiger partial charge on any atom is 0.434 e. The molecule has 0 radical (unpaired) electrons. The SMILES string of the molecule is CCc1ccc(C(C)NC(=NC)NCc2nc(C(F)(F)F)cs2)cc1.I. The van der Waals surface area contributed by atoms with Crippen LogP contribution in [0.2, 0.25) is 0 Å². The smallest absolute Gasteiger partial charge is 0.350 e. The Morgan fingerprint density at radius 3 is 2.42 bits per heavy atom. The molecule has 0 saturated carbocycles. The summed E-state index contributed by atoms with van der Waals surface area (Å²) in [5.74, 6) is 0.510. The third-order valence-corrected chi connectivity index (χ3v) is 4.56. The monoisotopic (exact) mass is 498 g/mol. The number of nitrogens with one attached hydrogen (secondary N) is 2. The van der Waals surface area contributed by atoms with E-state index in [4.69, 9.17) is 0 Å². The molecule has 1 atom stereocenters. The van der Waals surface area contributed by atoms with Crippen LogP contribution in [0.1, 0.15) is 41.7 Å². The molecule has 2 aromatic rings. The average molecular weight is 498 g/mol. The number of hydrogen-bond donors (Lipinski definition) is 2. The van der Waals surface area contributed by atoms with Crippen LogP contribution in [-0.4, -0.2) is 18.0 Å². The van der Waals surface area contributed by atoms with Crippen molar-refractivity contribution in [3.63, 3.8) is 0 Å². The third kappa shape index (κ3) is 6.42. The number of hydrogen-bond acceptors (Lipinski definition) is 3. The molecule has 1 aromatic carbocycles. The molecule has 2 rings (SSSR count). The minimum Gasteiger partial charge on any atom is -0.350 e. The lowest BCUT2D eigenvalue weighted by Crippen LogP contribution is -2.38. The average Bonchev–Trinajstić information content (AvgIpc) is 3.08. The number of halogens is 4. The van der Waals surface area contributed by atoms with Gasteiger partial charge in [0.2, 0.25) is 0 Å². The highest BCUT2D eigenvalue weighted by Gasteiger charge is 2.33. The highest BCUT2D eigenvalue weighted by molar-refractivity contribution is 14.0. The fraction of sp³-hybridized carbons (Fsp3) is 0.412. The molecule has 1 aromatic heterocycles. The van der Waals surface area contributed by atoms with Crippen LogP contribution in [0.25, 0.3) is 0 Å². The zero-order chi connectivity index (χ0) is 18.4. The highest BCUT2D eigenvalue weighted by Crippen LogP contribution is 2.29. The van der Waals surface area contributed by atoms with Gasteiger partial charge in [0.15, 0.2) is 11.7 Å². The van der Waals surface area contributed by atoms with Gasteiger partial charge in [-0.25, -0.2) is 4.98 Å². The van der Waals surface area contributed by atoms with E-state index < -0.39 is 11.9 Å². The van der Waals surface area contributed by atoms with Crippen LogP contribution in [0.4, 0.5) is 13.2 Å². The maximum atomic E-state index is 12.6. The van der Waals surface area contributed by atoms with Gasteiger partial charge in [-0.3, -0.25) is 4.99 Å². The van der Waals surface area contributed by atoms with Crippen LogP contribution in [0, 0.1) is 0 Å². The summed E-state index contributed by atoms with van der Waals surface area (Å²) in [7, 11) is 1.62. The van der Waals surface area contributed by atoms with Gasteiger partial charge in [0.1, 0.15) is 5.01 Å². The maximum absolute atomic E-state index is 12.6. The normalized spacial score (nSPS) is 13.1. The van der Waals surface area contributed by atoms with Crippen molar-refractivity contribution < 1.29 is 13.2 Å². The zero-order valence-corrected chi connectivity index (χ0v) is 17.9. The lowest BCUT2D eigenvalue weighted by molar-refractivity contribution is -0.140. The van der Waals surface area contributed by atoms with Crippen molar-refractivity contribution in [3.8, 4) is 0 Å². The Morgan fingerprint density at radius 2 is 1.92 bits per heavy atom. The first kappa shape index (κ1) is 22.7. The molecule has 0 aliphatic rings. The van der Waals surface area contributed by atoms with E-state index >= 15 is 0 Å². The lowest BCUT2D eigenvalue weighted by atomic mass is 10.1. The van der Waals surface area contributed by atoms with Crippen molar-refractivity contribution in [1.82, 2.24) is 15.6 Å². The minimum atomic E-state index is -4.41. The number of benzene rings is 1. The Hall–Kier alpha value is -1.36. The largest absolute Gasteiger partial charge is 0.434 e. The van der Waals surface area contributed by atoms with E-state index in [0.29, 0.717) is 11.0 Å². The summed E-state index contributed by atoms with van der Waals surface area (Å²) in [6.45, 7) is 4.28. The van der Waals surface area contributed by atoms with Gasteiger partial charge in [-0.2, -0.15) is 13.2 Å². The molecule has 2 N–H and O–H groups in total. The molecule has 1 heterocycles. The van der Waals surface area contributed by atoms with Crippen molar-refractivity contribution in [1.29, 1.82) is 0 Å². The summed E-state index contributed by atoms with van der Waals surface area (Å²) < 4.78 is 37.7. The number of thiazole rings is 1. The molecule has 26 heavy (non-hydrogen) atoms. The molecule has 144 valence electrons. The number of nitrogens with zero attached hydrogens (tertiary/aromatic N) is 2. The Bertz CT molecular complexity index is 714. The Balaban J connectivity index is 0.00000338. The van der Waals surface area contributed by atoms with E-state index in [9.17, 15) is 13.2 Å². The van der Waals surface area contributed by atoms with Gasteiger partial charge in [0.05, 0.1) is 12.6 Å². The van der Waals surface area contributed by atoms with Crippen molar-refractivity contribution in [3.05, 3.63) is 51.5 Å². The predicted octanol–water partition coefficient (Wildman–Crippen LogP) is 4.77. The highest BCUT2D eigenvalue weighted by atomic mass is 127. The Morgan fingerprint density at radius 1 is 1.27 bits per heavy atom. The van der Waals surface area contributed by atoms with Gasteiger partial charge in [-0.05, 0) is 24.5 Å². The molecule has 0 spiro atoms. The van der Waals surface area contributed by atoms with Gasteiger partial charge >= 0.3 is 6.18 Å². The van der Waals surface area contributed by atoms with Gasteiger partial charge in [0, 0.05) is 12.4 Å². The molecule has 0 aliphatic carbocycles. The van der Waals surface area contributed by atoms with Crippen LogP contribution in [0.5, 0.6) is 0 Å². The van der Waals surface area contributed by atoms with Crippen molar-refractivity contribution in [2.75, 3.05) is 7.05 Å². The van der Waals surface area contributed by atoms with E-state index in [2.05, 4.69) is 51.8 Å². The summed E-state index contributed by atoms with van der Waals surface area (Å²) in [5, 5.41) is 7.59. The number of aromatic nitrogens is 1. The number of guanidine groups is 1. The first-order valence-corrected chi connectivity index (χ1v) is 8.79. The molecule has 0 aliphatic heterocycles. The van der Waals surface area contributed by atoms with Crippen LogP contribution >= 0.6 is 35.3 Å². The zero-order valence-electron chi connectivity index (χ0n) is 14.7. The van der Waals surface area contributed by atoms with E-state index in [1.54, 1.807) is 7.05 Å². The summed E-state index contributed by atoms with van der Waals surface area (Å²) in [4.78, 5) is 7.70. The first-order chi connectivity index (χ1) is 11.8. The van der Waals surface area contributed by atoms with Gasteiger partial charge in [-0.15, -0.1) is 35.3 Å². The third-order valence-electron chi connectivity index (χ3n) is 3.71. The molecule has 0 saturated heterocycles. The van der Waals surface area contributed by atoms with Crippen molar-refractivity contribution >= 4 is 41.3 Å². The van der Waals surface area contributed by atoms with Crippen molar-refractivity contribution in [2.45, 2.75) is 39.0 Å². The quantitative estimate of drug-likeness (QED) is 0.355. The standard InChI is InChI=1S/C17H21F3N4S.HI/c1-4-12-5-7-13(8-6-12)11(2)23-16(21-3)22-9-15-24-14(10-25-15)17(18,19)20;/h5-8,10-11H,4,9H2,1-3H3,(H2,21,22,23);1H. The van der Waals surface area contributed by atoms with Crippen LogP contribution < -0.4 is 10.6 Å². The summed E-state index contributed by atoms with van der Waals surface area (Å²) in [6, 6.07) is 8.29. The van der Waals surface area contributed by atoms with E-state index in [1.807, 2.05) is 6.92 Å². The second kappa shape index (κ2) is 10.1. The topological polar surface area (TPSA) is 49.3 Å². The summed E-state index contributed by atoms with van der Waals surface area (Å²) in [6.07, 6.45) is -3.42. The van der Waals surface area contributed by atoms with Gasteiger partial charge < -0.3 is 10.6 Å². The molecular weight excluding hydrogens is 476 g/mol. The fourth-order valence-electron chi connectivity index (χ4n) is 2.21. The number of alkyl halides is 3. The predicted molar refractivity (Wildman–Crippen MR) is 110 cm³/mol. The first-order valence-electron chi connectivity index (χ1n) is 7.91. The molecule has 0 bridgehead atoms. The minimum absolute atomic E-state index is 0. The number of aliphatic imine (C=N–C) groups is 1. The second-order valence-corrected chi connectivity index (χ2v) is 6.45. The molecule has 4 nitrogen and oxygen atoms in total. The summed E-state index contributed by atoms with van der Waals surface area (Å²) >= 11 is 0.972. The molecular formula is C17H22F3IN4S. The fourth-order valence-corrected chi connectivity index (χ4v) is 2.95. The van der Waals surface area contributed by atoms with Crippen molar-refractivity contribution in [2.24, 2.45) is 4.99 Å². The molecule has 1 unspecified atom stereocenters. The van der Waals surface area contributed by atoms with E-state index in [0.717, 1.165) is 28.7 Å². The van der Waals surface area contributed by atoms with Gasteiger partial charge in [-0.1, -0.05) is 31.2 Å². The number of rotatable bonds is 5. The Labute approximate surface area is 172 Å². The summed E-state index contributed by atoms with van der Waals surface area (Å²) in [5.41, 5.74) is 1.51. The molecule has 0 amide bonds. The lowest BCUT2D eigenvalue weighted by Gasteiger charge is -2.18. The second-order valence-electron chi connectivity index (χ2n) is 5.51. The Kier molecular flexibility index (Phi) is 8.81. The van der Waals surface area contributed by atoms with Crippen LogP contribution in [-0.2, 0) is 19.1 Å². The number of aryl methyl sites for hydroxylation is 1. The molecule has 9 heteroatoms. The van der Waals surface area contributed by atoms with Crippen LogP contribution in [0.3, 0.4) is 0 Å². The molecule has 0 fully saturated rings.